The van der Waals surface area contributed by atoms with E-state index >= 15 is 0 Å². The first kappa shape index (κ1) is 14.0. The highest BCUT2D eigenvalue weighted by atomic mass is 16.5. The second-order valence-electron chi connectivity index (χ2n) is 5.49. The Bertz CT molecular complexity index is 606. The van der Waals surface area contributed by atoms with Crippen LogP contribution in [0.4, 0.5) is 5.69 Å². The smallest absolute Gasteiger partial charge is 0.133 e. The molecular weight excluding hydrogens is 268 g/mol. The average Bonchev–Trinajstić information content (AvgIpc) is 2.83. The lowest BCUT2D eigenvalue weighted by atomic mass is 10.1. The third kappa shape index (κ3) is 3.40. The number of morpholine rings is 1. The Kier molecular flexibility index (Phi) is 3.90. The predicted octanol–water partition coefficient (Wildman–Crippen LogP) is 1.84. The maximum absolute atomic E-state index is 5.90. The molecule has 2 aromatic rings. The number of nitrogens with zero attached hydrogens (tertiary/aromatic N) is 3. The van der Waals surface area contributed by atoms with E-state index in [0.717, 1.165) is 48.2 Å². The number of aromatic nitrogens is 2. The first-order chi connectivity index (χ1) is 10.1. The van der Waals surface area contributed by atoms with Crippen LogP contribution in [0, 0.1) is 13.8 Å². The Hall–Kier alpha value is -1.92. The highest BCUT2D eigenvalue weighted by molar-refractivity contribution is 5.40. The quantitative estimate of drug-likeness (QED) is 0.928. The summed E-state index contributed by atoms with van der Waals surface area (Å²) in [6.45, 7) is 6.94. The summed E-state index contributed by atoms with van der Waals surface area (Å²) in [6, 6.07) is 5.72. The van der Waals surface area contributed by atoms with Crippen molar-refractivity contribution in [2.24, 2.45) is 0 Å². The van der Waals surface area contributed by atoms with Crippen molar-refractivity contribution in [1.29, 1.82) is 0 Å². The van der Waals surface area contributed by atoms with Crippen LogP contribution in [0.2, 0.25) is 0 Å². The first-order valence-corrected chi connectivity index (χ1v) is 7.10. The highest BCUT2D eigenvalue weighted by Crippen LogP contribution is 2.23. The minimum absolute atomic E-state index is 0.0473. The topological polar surface area (TPSA) is 77.4 Å². The Morgan fingerprint density at radius 2 is 2.19 bits per heavy atom. The second kappa shape index (κ2) is 5.83. The molecule has 1 atom stereocenters. The van der Waals surface area contributed by atoms with Crippen molar-refractivity contribution in [2.45, 2.75) is 26.5 Å². The van der Waals surface area contributed by atoms with Gasteiger partial charge in [-0.3, -0.25) is 9.88 Å². The van der Waals surface area contributed by atoms with Crippen molar-refractivity contribution in [2.75, 3.05) is 25.4 Å². The van der Waals surface area contributed by atoms with Crippen molar-refractivity contribution in [3.05, 3.63) is 41.0 Å². The molecule has 2 aromatic heterocycles. The molecule has 0 aliphatic carbocycles. The van der Waals surface area contributed by atoms with Gasteiger partial charge in [0, 0.05) is 37.1 Å². The summed E-state index contributed by atoms with van der Waals surface area (Å²) in [5.41, 5.74) is 9.38. The molecule has 1 aliphatic rings. The molecule has 1 fully saturated rings. The van der Waals surface area contributed by atoms with Crippen molar-refractivity contribution in [3.63, 3.8) is 0 Å². The lowest BCUT2D eigenvalue weighted by Crippen LogP contribution is -2.38. The van der Waals surface area contributed by atoms with E-state index in [-0.39, 0.29) is 6.10 Å². The standard InChI is InChI=1S/C15H20N4O2/c1-10-5-12(16)7-14(17-10)15-9-19(3-4-20-15)8-13-6-11(2)21-18-13/h5-7,15H,3-4,8-9H2,1-2H3,(H2,16,17)/t15-/m0/s1. The fourth-order valence-corrected chi connectivity index (χ4v) is 2.63. The van der Waals surface area contributed by atoms with E-state index in [1.165, 1.54) is 0 Å². The van der Waals surface area contributed by atoms with Gasteiger partial charge in [-0.05, 0) is 26.0 Å². The Morgan fingerprint density at radius 3 is 2.90 bits per heavy atom. The van der Waals surface area contributed by atoms with Crippen LogP contribution in [-0.4, -0.2) is 34.7 Å². The zero-order valence-corrected chi connectivity index (χ0v) is 12.4. The summed E-state index contributed by atoms with van der Waals surface area (Å²) < 4.78 is 11.0. The number of hydrogen-bond acceptors (Lipinski definition) is 6. The van der Waals surface area contributed by atoms with Crippen molar-refractivity contribution in [3.8, 4) is 0 Å². The molecule has 2 N–H and O–H groups in total. The summed E-state index contributed by atoms with van der Waals surface area (Å²) in [7, 11) is 0. The number of ether oxygens (including phenoxy) is 1. The fourth-order valence-electron chi connectivity index (χ4n) is 2.63. The molecule has 3 heterocycles. The largest absolute Gasteiger partial charge is 0.399 e. The molecule has 0 bridgehead atoms. The molecule has 0 spiro atoms. The maximum atomic E-state index is 5.90. The summed E-state index contributed by atoms with van der Waals surface area (Å²) >= 11 is 0. The van der Waals surface area contributed by atoms with Gasteiger partial charge in [-0.25, -0.2) is 0 Å². The van der Waals surface area contributed by atoms with E-state index in [0.29, 0.717) is 6.61 Å². The third-order valence-electron chi connectivity index (χ3n) is 3.54. The van der Waals surface area contributed by atoms with E-state index in [1.54, 1.807) is 0 Å². The summed E-state index contributed by atoms with van der Waals surface area (Å²) in [5, 5.41) is 4.04. The minimum Gasteiger partial charge on any atom is -0.399 e. The second-order valence-corrected chi connectivity index (χ2v) is 5.49. The zero-order valence-electron chi connectivity index (χ0n) is 12.4. The zero-order chi connectivity index (χ0) is 14.8. The number of anilines is 1. The lowest BCUT2D eigenvalue weighted by Gasteiger charge is -2.32. The van der Waals surface area contributed by atoms with E-state index in [9.17, 15) is 0 Å². The normalized spacial score (nSPS) is 19.8. The number of rotatable bonds is 3. The minimum atomic E-state index is -0.0473. The van der Waals surface area contributed by atoms with Gasteiger partial charge in [-0.2, -0.15) is 0 Å². The van der Waals surface area contributed by atoms with Crippen LogP contribution in [-0.2, 0) is 11.3 Å². The van der Waals surface area contributed by atoms with Gasteiger partial charge in [0.2, 0.25) is 0 Å². The molecule has 112 valence electrons. The average molecular weight is 288 g/mol. The monoisotopic (exact) mass is 288 g/mol. The van der Waals surface area contributed by atoms with Crippen LogP contribution in [0.15, 0.2) is 22.7 Å². The van der Waals surface area contributed by atoms with E-state index in [1.807, 2.05) is 32.0 Å². The Morgan fingerprint density at radius 1 is 1.33 bits per heavy atom. The van der Waals surface area contributed by atoms with E-state index < -0.39 is 0 Å². The molecule has 6 heteroatoms. The number of nitrogen functional groups attached to an aromatic ring is 1. The van der Waals surface area contributed by atoms with Gasteiger partial charge in [0.15, 0.2) is 0 Å². The summed E-state index contributed by atoms with van der Waals surface area (Å²) in [4.78, 5) is 6.83. The highest BCUT2D eigenvalue weighted by Gasteiger charge is 2.24. The van der Waals surface area contributed by atoms with Crippen LogP contribution < -0.4 is 5.73 Å². The van der Waals surface area contributed by atoms with Gasteiger partial charge >= 0.3 is 0 Å². The SMILES string of the molecule is Cc1cc(N)cc([C@@H]2CN(Cc3cc(C)on3)CCO2)n1. The summed E-state index contributed by atoms with van der Waals surface area (Å²) in [6.07, 6.45) is -0.0473. The first-order valence-electron chi connectivity index (χ1n) is 7.10. The van der Waals surface area contributed by atoms with Crippen LogP contribution in [0.3, 0.4) is 0 Å². The molecular formula is C15H20N4O2. The van der Waals surface area contributed by atoms with Gasteiger partial charge in [-0.1, -0.05) is 5.16 Å². The molecule has 0 amide bonds. The molecule has 3 rings (SSSR count). The molecule has 1 saturated heterocycles. The number of aryl methyl sites for hydroxylation is 2. The van der Waals surface area contributed by atoms with Gasteiger partial charge < -0.3 is 15.0 Å². The van der Waals surface area contributed by atoms with Crippen molar-refractivity contribution < 1.29 is 9.26 Å². The van der Waals surface area contributed by atoms with E-state index in [2.05, 4.69) is 15.0 Å². The van der Waals surface area contributed by atoms with Crippen molar-refractivity contribution in [1.82, 2.24) is 15.0 Å². The molecule has 21 heavy (non-hydrogen) atoms. The van der Waals surface area contributed by atoms with E-state index in [4.69, 9.17) is 15.0 Å². The van der Waals surface area contributed by atoms with Gasteiger partial charge in [0.25, 0.3) is 0 Å². The molecule has 0 aromatic carbocycles. The van der Waals surface area contributed by atoms with Gasteiger partial charge in [0.05, 0.1) is 18.0 Å². The van der Waals surface area contributed by atoms with Crippen LogP contribution in [0.5, 0.6) is 0 Å². The molecule has 0 unspecified atom stereocenters. The number of nitrogens with two attached hydrogens (primary N) is 1. The maximum Gasteiger partial charge on any atom is 0.133 e. The van der Waals surface area contributed by atoms with Gasteiger partial charge in [0.1, 0.15) is 11.9 Å². The van der Waals surface area contributed by atoms with Crippen LogP contribution in [0.1, 0.15) is 28.9 Å². The fraction of sp³-hybridized carbons (Fsp3) is 0.467. The van der Waals surface area contributed by atoms with Crippen molar-refractivity contribution >= 4 is 5.69 Å². The Balaban J connectivity index is 1.70. The summed E-state index contributed by atoms with van der Waals surface area (Å²) in [5.74, 6) is 0.836. The number of hydrogen-bond donors (Lipinski definition) is 1. The third-order valence-corrected chi connectivity index (χ3v) is 3.54. The van der Waals surface area contributed by atoms with Crippen LogP contribution >= 0.6 is 0 Å². The van der Waals surface area contributed by atoms with Gasteiger partial charge in [-0.15, -0.1) is 0 Å². The lowest BCUT2D eigenvalue weighted by molar-refractivity contribution is -0.0355. The number of pyridine rings is 1. The molecule has 0 radical (unpaired) electrons. The molecule has 6 nitrogen and oxygen atoms in total. The molecule has 0 saturated carbocycles. The molecule has 1 aliphatic heterocycles. The van der Waals surface area contributed by atoms with Crippen LogP contribution in [0.25, 0.3) is 0 Å². The predicted molar refractivity (Wildman–Crippen MR) is 78.6 cm³/mol. The Labute approximate surface area is 123 Å².